The maximum absolute atomic E-state index is 11.0. The number of hydrogen-bond donors (Lipinski definition) is 0. The summed E-state index contributed by atoms with van der Waals surface area (Å²) in [5.41, 5.74) is 1.48. The van der Waals surface area contributed by atoms with Crippen LogP contribution in [0.2, 0.25) is 0 Å². The first-order valence-electron chi connectivity index (χ1n) is 10.4. The number of hydrogen-bond acceptors (Lipinski definition) is 1. The summed E-state index contributed by atoms with van der Waals surface area (Å²) in [6, 6.07) is 20.3. The van der Waals surface area contributed by atoms with Gasteiger partial charge in [-0.2, -0.15) is 0 Å². The lowest BCUT2D eigenvalue weighted by molar-refractivity contribution is -0.117. The summed E-state index contributed by atoms with van der Waals surface area (Å²) in [5, 5.41) is 8.32. The third kappa shape index (κ3) is 3.83. The van der Waals surface area contributed by atoms with Gasteiger partial charge in [0.25, 0.3) is 0 Å². The number of Topliss-reactive ketones (excluding diaryl/α,β-unsaturated/α-hetero) is 1. The van der Waals surface area contributed by atoms with Crippen molar-refractivity contribution in [2.45, 2.75) is 58.3 Å². The van der Waals surface area contributed by atoms with Crippen LogP contribution in [0.1, 0.15) is 57.4 Å². The topological polar surface area (TPSA) is 17.1 Å². The number of ketones is 1. The van der Waals surface area contributed by atoms with Gasteiger partial charge in [-0.3, -0.25) is 0 Å². The summed E-state index contributed by atoms with van der Waals surface area (Å²) in [4.78, 5) is 11.0. The van der Waals surface area contributed by atoms with Crippen molar-refractivity contribution in [3.63, 3.8) is 0 Å². The molecule has 0 heterocycles. The molecule has 0 saturated heterocycles. The van der Waals surface area contributed by atoms with Crippen LogP contribution in [0.5, 0.6) is 0 Å². The van der Waals surface area contributed by atoms with E-state index >= 15 is 0 Å². The van der Waals surface area contributed by atoms with Crippen molar-refractivity contribution >= 4 is 38.1 Å². The highest BCUT2D eigenvalue weighted by molar-refractivity contribution is 6.23. The molecule has 0 atom stereocenters. The van der Waals surface area contributed by atoms with E-state index in [-0.39, 0.29) is 0 Å². The van der Waals surface area contributed by atoms with Crippen LogP contribution in [-0.4, -0.2) is 5.78 Å². The minimum atomic E-state index is 0.323. The van der Waals surface area contributed by atoms with Crippen LogP contribution in [0.15, 0.2) is 54.6 Å². The van der Waals surface area contributed by atoms with E-state index in [0.29, 0.717) is 5.78 Å². The zero-order valence-electron chi connectivity index (χ0n) is 16.3. The molecule has 1 heteroatoms. The molecule has 0 N–H and O–H groups in total. The molecule has 0 aliphatic rings. The van der Waals surface area contributed by atoms with Gasteiger partial charge < -0.3 is 4.79 Å². The Labute approximate surface area is 161 Å². The molecule has 4 rings (SSSR count). The molecule has 1 nitrogen and oxygen atoms in total. The van der Waals surface area contributed by atoms with Crippen molar-refractivity contribution in [2.24, 2.45) is 0 Å². The average Bonchev–Trinajstić information content (AvgIpc) is 2.68. The van der Waals surface area contributed by atoms with Gasteiger partial charge in [0.05, 0.1) is 0 Å². The van der Waals surface area contributed by atoms with Gasteiger partial charge in [0.1, 0.15) is 5.78 Å². The van der Waals surface area contributed by atoms with Gasteiger partial charge in [0.2, 0.25) is 0 Å². The lowest BCUT2D eigenvalue weighted by Crippen LogP contribution is -1.92. The van der Waals surface area contributed by atoms with E-state index in [9.17, 15) is 4.79 Å². The molecule has 138 valence electrons. The number of benzene rings is 4. The Bertz CT molecular complexity index is 1040. The third-order valence-corrected chi connectivity index (χ3v) is 5.84. The molecule has 0 bridgehead atoms. The minimum Gasteiger partial charge on any atom is -0.300 e. The minimum absolute atomic E-state index is 0.323. The normalized spacial score (nSPS) is 11.7. The lowest BCUT2D eigenvalue weighted by Gasteiger charge is -2.14. The van der Waals surface area contributed by atoms with Gasteiger partial charge in [0, 0.05) is 6.42 Å². The van der Waals surface area contributed by atoms with Crippen LogP contribution in [0, 0.1) is 0 Å². The van der Waals surface area contributed by atoms with Gasteiger partial charge in [-0.25, -0.2) is 0 Å². The zero-order chi connectivity index (χ0) is 18.6. The highest BCUT2D eigenvalue weighted by Gasteiger charge is 2.10. The Morgan fingerprint density at radius 3 is 2.00 bits per heavy atom. The molecule has 0 spiro atoms. The summed E-state index contributed by atoms with van der Waals surface area (Å²) in [5.74, 6) is 0.323. The third-order valence-electron chi connectivity index (χ3n) is 5.84. The van der Waals surface area contributed by atoms with E-state index in [1.165, 1.54) is 70.0 Å². The molecule has 27 heavy (non-hydrogen) atoms. The SMILES string of the molecule is CC(=O)CCCCCCCCc1ccc2ccc3cccc4ccc1c2c34. The smallest absolute Gasteiger partial charge is 0.129 e. The molecule has 0 radical (unpaired) electrons. The first-order valence-corrected chi connectivity index (χ1v) is 10.4. The van der Waals surface area contributed by atoms with Crippen LogP contribution in [0.25, 0.3) is 32.3 Å². The molecule has 0 saturated carbocycles. The number of carbonyl (C=O) groups is 1. The Hall–Kier alpha value is -2.41. The second-order valence-electron chi connectivity index (χ2n) is 7.90. The van der Waals surface area contributed by atoms with Crippen LogP contribution in [0.3, 0.4) is 0 Å². The molecule has 0 aromatic heterocycles. The van der Waals surface area contributed by atoms with E-state index in [4.69, 9.17) is 0 Å². The van der Waals surface area contributed by atoms with E-state index < -0.39 is 0 Å². The van der Waals surface area contributed by atoms with Gasteiger partial charge in [0.15, 0.2) is 0 Å². The molecule has 0 aliphatic heterocycles. The van der Waals surface area contributed by atoms with E-state index in [1.54, 1.807) is 6.92 Å². The summed E-state index contributed by atoms with van der Waals surface area (Å²) in [6.45, 7) is 1.69. The number of aryl methyl sites for hydroxylation is 1. The summed E-state index contributed by atoms with van der Waals surface area (Å²) in [7, 11) is 0. The van der Waals surface area contributed by atoms with Crippen molar-refractivity contribution in [1.29, 1.82) is 0 Å². The van der Waals surface area contributed by atoms with Crippen LogP contribution in [-0.2, 0) is 11.2 Å². The second kappa shape index (κ2) is 8.08. The fourth-order valence-electron chi connectivity index (χ4n) is 4.41. The van der Waals surface area contributed by atoms with E-state index in [2.05, 4.69) is 54.6 Å². The Morgan fingerprint density at radius 2 is 1.26 bits per heavy atom. The monoisotopic (exact) mass is 356 g/mol. The second-order valence-corrected chi connectivity index (χ2v) is 7.90. The molecular formula is C26H28O. The van der Waals surface area contributed by atoms with Crippen LogP contribution >= 0.6 is 0 Å². The molecule has 0 amide bonds. The van der Waals surface area contributed by atoms with Crippen LogP contribution < -0.4 is 0 Å². The fraction of sp³-hybridized carbons (Fsp3) is 0.346. The standard InChI is InChI=1S/C26H28O/c1-19(27)9-6-4-2-3-5-7-10-20-13-14-23-16-15-21-11-8-12-22-17-18-24(20)26(23)25(21)22/h8,11-18H,2-7,9-10H2,1H3. The maximum atomic E-state index is 11.0. The average molecular weight is 357 g/mol. The predicted molar refractivity (Wildman–Crippen MR) is 117 cm³/mol. The van der Waals surface area contributed by atoms with Crippen molar-refractivity contribution in [1.82, 2.24) is 0 Å². The lowest BCUT2D eigenvalue weighted by atomic mass is 9.90. The van der Waals surface area contributed by atoms with Crippen molar-refractivity contribution < 1.29 is 4.79 Å². The van der Waals surface area contributed by atoms with Crippen molar-refractivity contribution in [3.05, 3.63) is 60.2 Å². The van der Waals surface area contributed by atoms with Crippen molar-refractivity contribution in [3.8, 4) is 0 Å². The summed E-state index contributed by atoms with van der Waals surface area (Å²) >= 11 is 0. The molecule has 0 fully saturated rings. The quantitative estimate of drug-likeness (QED) is 0.225. The Kier molecular flexibility index (Phi) is 5.38. The Morgan fingerprint density at radius 1 is 0.667 bits per heavy atom. The first kappa shape index (κ1) is 18.0. The molecular weight excluding hydrogens is 328 g/mol. The maximum Gasteiger partial charge on any atom is 0.129 e. The fourth-order valence-corrected chi connectivity index (χ4v) is 4.41. The summed E-state index contributed by atoms with van der Waals surface area (Å²) < 4.78 is 0. The Balaban J connectivity index is 1.44. The number of rotatable bonds is 9. The molecule has 0 unspecified atom stereocenters. The van der Waals surface area contributed by atoms with E-state index in [0.717, 1.165) is 19.3 Å². The van der Waals surface area contributed by atoms with Gasteiger partial charge in [-0.15, -0.1) is 0 Å². The van der Waals surface area contributed by atoms with Crippen LogP contribution in [0.4, 0.5) is 0 Å². The van der Waals surface area contributed by atoms with Gasteiger partial charge in [-0.1, -0.05) is 80.3 Å². The number of unbranched alkanes of at least 4 members (excludes halogenated alkanes) is 5. The molecule has 4 aromatic rings. The highest BCUT2D eigenvalue weighted by Crippen LogP contribution is 2.36. The molecule has 0 aliphatic carbocycles. The first-order chi connectivity index (χ1) is 13.2. The number of carbonyl (C=O) groups excluding carboxylic acids is 1. The van der Waals surface area contributed by atoms with Gasteiger partial charge >= 0.3 is 0 Å². The summed E-state index contributed by atoms with van der Waals surface area (Å²) in [6.07, 6.45) is 9.22. The highest BCUT2D eigenvalue weighted by atomic mass is 16.1. The zero-order valence-corrected chi connectivity index (χ0v) is 16.3. The largest absolute Gasteiger partial charge is 0.300 e. The van der Waals surface area contributed by atoms with E-state index in [1.807, 2.05) is 0 Å². The predicted octanol–water partition coefficient (Wildman–Crippen LogP) is 7.45. The molecule has 4 aromatic carbocycles. The van der Waals surface area contributed by atoms with Gasteiger partial charge in [-0.05, 0) is 64.1 Å². The van der Waals surface area contributed by atoms with Crippen molar-refractivity contribution in [2.75, 3.05) is 0 Å².